The highest BCUT2D eigenvalue weighted by molar-refractivity contribution is 5.73. The number of alkyl halides is 1. The van der Waals surface area contributed by atoms with E-state index in [1.165, 1.54) is 6.92 Å². The van der Waals surface area contributed by atoms with Gasteiger partial charge in [-0.25, -0.2) is 4.39 Å². The van der Waals surface area contributed by atoms with Crippen LogP contribution in [0.25, 0.3) is 0 Å². The smallest absolute Gasteiger partial charge is 0.320 e. The van der Waals surface area contributed by atoms with Gasteiger partial charge in [0.1, 0.15) is 6.04 Å². The van der Waals surface area contributed by atoms with Gasteiger partial charge in [0, 0.05) is 6.42 Å². The molecule has 0 spiro atoms. The molecule has 0 amide bonds. The standard InChI is InChI=1S/C7H10FNO2/c1-2-3-5(8)4-6(9)7(10)11/h5-6H,4,9H2,1H3,(H,10,11)/t5-,6+/m1/s1. The Morgan fingerprint density at radius 1 is 1.82 bits per heavy atom. The van der Waals surface area contributed by atoms with Gasteiger partial charge < -0.3 is 10.8 Å². The minimum absolute atomic E-state index is 0.254. The number of halogens is 1. The van der Waals surface area contributed by atoms with E-state index in [1.807, 2.05) is 0 Å². The van der Waals surface area contributed by atoms with Crippen molar-refractivity contribution in [2.24, 2.45) is 5.73 Å². The van der Waals surface area contributed by atoms with Crippen molar-refractivity contribution in [1.29, 1.82) is 0 Å². The molecule has 0 saturated heterocycles. The molecule has 0 aromatic carbocycles. The minimum Gasteiger partial charge on any atom is -0.480 e. The number of carboxylic acids is 1. The van der Waals surface area contributed by atoms with Gasteiger partial charge in [0.25, 0.3) is 0 Å². The molecule has 0 aromatic rings. The van der Waals surface area contributed by atoms with Crippen LogP contribution in [0.3, 0.4) is 0 Å². The van der Waals surface area contributed by atoms with E-state index in [4.69, 9.17) is 10.8 Å². The summed E-state index contributed by atoms with van der Waals surface area (Å²) >= 11 is 0. The summed E-state index contributed by atoms with van der Waals surface area (Å²) in [5.74, 6) is 3.31. The predicted octanol–water partition coefficient (Wildman–Crippen LogP) is 0.150. The molecule has 62 valence electrons. The molecule has 0 radical (unpaired) electrons. The molecule has 3 N–H and O–H groups in total. The van der Waals surface area contributed by atoms with Crippen LogP contribution in [-0.2, 0) is 4.79 Å². The molecule has 2 atom stereocenters. The van der Waals surface area contributed by atoms with E-state index in [0.29, 0.717) is 0 Å². The van der Waals surface area contributed by atoms with Gasteiger partial charge in [-0.05, 0) is 6.92 Å². The number of aliphatic carboxylic acids is 1. The van der Waals surface area contributed by atoms with Gasteiger partial charge in [-0.15, -0.1) is 5.92 Å². The first kappa shape index (κ1) is 9.92. The quantitative estimate of drug-likeness (QED) is 0.576. The molecular formula is C7H10FNO2. The van der Waals surface area contributed by atoms with Crippen molar-refractivity contribution in [2.45, 2.75) is 25.6 Å². The number of hydrogen-bond acceptors (Lipinski definition) is 2. The van der Waals surface area contributed by atoms with Gasteiger partial charge in [-0.1, -0.05) is 5.92 Å². The summed E-state index contributed by atoms with van der Waals surface area (Å²) in [6, 6.07) is -1.16. The summed E-state index contributed by atoms with van der Waals surface area (Å²) < 4.78 is 12.5. The maximum absolute atomic E-state index is 12.5. The molecule has 0 fully saturated rings. The van der Waals surface area contributed by atoms with E-state index in [1.54, 1.807) is 0 Å². The lowest BCUT2D eigenvalue weighted by molar-refractivity contribution is -0.138. The fourth-order valence-electron chi connectivity index (χ4n) is 0.539. The average Bonchev–Trinajstić information content (AvgIpc) is 1.87. The number of hydrogen-bond donors (Lipinski definition) is 2. The van der Waals surface area contributed by atoms with Crippen LogP contribution in [0.1, 0.15) is 13.3 Å². The van der Waals surface area contributed by atoms with Gasteiger partial charge >= 0.3 is 5.97 Å². The highest BCUT2D eigenvalue weighted by Gasteiger charge is 2.15. The molecule has 0 aliphatic rings. The van der Waals surface area contributed by atoms with E-state index in [9.17, 15) is 9.18 Å². The summed E-state index contributed by atoms with van der Waals surface area (Å²) in [6.45, 7) is 1.48. The van der Waals surface area contributed by atoms with Crippen molar-refractivity contribution < 1.29 is 14.3 Å². The first-order valence-electron chi connectivity index (χ1n) is 3.12. The first-order chi connectivity index (χ1) is 5.07. The SMILES string of the molecule is CC#C[C@@H](F)C[C@H](N)C(=O)O. The lowest BCUT2D eigenvalue weighted by atomic mass is 10.1. The third kappa shape index (κ3) is 4.34. The highest BCUT2D eigenvalue weighted by atomic mass is 19.1. The fraction of sp³-hybridized carbons (Fsp3) is 0.571. The normalized spacial score (nSPS) is 14.5. The molecule has 0 aliphatic carbocycles. The molecule has 0 aliphatic heterocycles. The van der Waals surface area contributed by atoms with E-state index < -0.39 is 18.2 Å². The Morgan fingerprint density at radius 3 is 2.73 bits per heavy atom. The Morgan fingerprint density at radius 2 is 2.36 bits per heavy atom. The number of carbonyl (C=O) groups is 1. The van der Waals surface area contributed by atoms with Crippen LogP contribution < -0.4 is 5.73 Å². The minimum atomic E-state index is -1.44. The molecule has 0 aromatic heterocycles. The monoisotopic (exact) mass is 159 g/mol. The van der Waals surface area contributed by atoms with Crippen molar-refractivity contribution >= 4 is 5.97 Å². The van der Waals surface area contributed by atoms with Crippen molar-refractivity contribution in [3.8, 4) is 11.8 Å². The van der Waals surface area contributed by atoms with Gasteiger partial charge in [0.15, 0.2) is 6.17 Å². The number of rotatable bonds is 3. The summed E-state index contributed by atoms with van der Waals surface area (Å²) in [4.78, 5) is 10.1. The van der Waals surface area contributed by atoms with Gasteiger partial charge in [-0.3, -0.25) is 4.79 Å². The van der Waals surface area contributed by atoms with Crippen LogP contribution in [-0.4, -0.2) is 23.3 Å². The Labute approximate surface area is 64.4 Å². The summed E-state index contributed by atoms with van der Waals surface area (Å²) in [6.07, 6.45) is -1.69. The molecule has 4 heteroatoms. The Balaban J connectivity index is 3.81. The van der Waals surface area contributed by atoms with Gasteiger partial charge in [-0.2, -0.15) is 0 Å². The topological polar surface area (TPSA) is 63.3 Å². The number of nitrogens with two attached hydrogens (primary N) is 1. The molecule has 0 unspecified atom stereocenters. The highest BCUT2D eigenvalue weighted by Crippen LogP contribution is 1.99. The molecule has 0 rings (SSSR count). The Bertz CT molecular complexity index is 194. The zero-order valence-electron chi connectivity index (χ0n) is 6.17. The van der Waals surface area contributed by atoms with E-state index >= 15 is 0 Å². The fourth-order valence-corrected chi connectivity index (χ4v) is 0.539. The predicted molar refractivity (Wildman–Crippen MR) is 38.6 cm³/mol. The molecule has 3 nitrogen and oxygen atoms in total. The zero-order chi connectivity index (χ0) is 8.85. The summed E-state index contributed by atoms with van der Waals surface area (Å²) in [5.41, 5.74) is 5.04. The zero-order valence-corrected chi connectivity index (χ0v) is 6.17. The van der Waals surface area contributed by atoms with Crippen LogP contribution in [0, 0.1) is 11.8 Å². The lowest BCUT2D eigenvalue weighted by Crippen LogP contribution is -2.32. The Hall–Kier alpha value is -1.08. The third-order valence-electron chi connectivity index (χ3n) is 1.08. The molecule has 11 heavy (non-hydrogen) atoms. The largest absolute Gasteiger partial charge is 0.480 e. The Kier molecular flexibility index (Phi) is 4.23. The van der Waals surface area contributed by atoms with Crippen LogP contribution in [0.5, 0.6) is 0 Å². The van der Waals surface area contributed by atoms with Crippen molar-refractivity contribution in [3.63, 3.8) is 0 Å². The van der Waals surface area contributed by atoms with Gasteiger partial charge in [0.2, 0.25) is 0 Å². The molecular weight excluding hydrogens is 149 g/mol. The van der Waals surface area contributed by atoms with Crippen LogP contribution in [0.4, 0.5) is 4.39 Å². The van der Waals surface area contributed by atoms with E-state index in [-0.39, 0.29) is 6.42 Å². The third-order valence-corrected chi connectivity index (χ3v) is 1.08. The maximum Gasteiger partial charge on any atom is 0.320 e. The van der Waals surface area contributed by atoms with Crippen molar-refractivity contribution in [2.75, 3.05) is 0 Å². The van der Waals surface area contributed by atoms with Gasteiger partial charge in [0.05, 0.1) is 0 Å². The average molecular weight is 159 g/mol. The maximum atomic E-state index is 12.5. The van der Waals surface area contributed by atoms with Crippen molar-refractivity contribution in [3.05, 3.63) is 0 Å². The second-order valence-electron chi connectivity index (χ2n) is 2.04. The van der Waals surface area contributed by atoms with Crippen molar-refractivity contribution in [1.82, 2.24) is 0 Å². The molecule has 0 saturated carbocycles. The first-order valence-corrected chi connectivity index (χ1v) is 3.12. The van der Waals surface area contributed by atoms with Crippen LogP contribution in [0.15, 0.2) is 0 Å². The second-order valence-corrected chi connectivity index (χ2v) is 2.04. The number of carboxylic acid groups (broad SMARTS) is 1. The summed E-state index contributed by atoms with van der Waals surface area (Å²) in [7, 11) is 0. The lowest BCUT2D eigenvalue weighted by Gasteiger charge is -2.04. The summed E-state index contributed by atoms with van der Waals surface area (Å²) in [5, 5.41) is 8.26. The van der Waals surface area contributed by atoms with Crippen LogP contribution in [0.2, 0.25) is 0 Å². The van der Waals surface area contributed by atoms with E-state index in [0.717, 1.165) is 0 Å². The molecule has 0 heterocycles. The molecule has 0 bridgehead atoms. The van der Waals surface area contributed by atoms with Crippen LogP contribution >= 0.6 is 0 Å². The van der Waals surface area contributed by atoms with E-state index in [2.05, 4.69) is 11.8 Å². The second kappa shape index (κ2) is 4.69.